The van der Waals surface area contributed by atoms with E-state index in [1.807, 2.05) is 12.1 Å². The zero-order valence-corrected chi connectivity index (χ0v) is 12.5. The van der Waals surface area contributed by atoms with Gasteiger partial charge in [-0.2, -0.15) is 10.2 Å². The van der Waals surface area contributed by atoms with E-state index < -0.39 is 0 Å². The lowest BCUT2D eigenvalue weighted by Gasteiger charge is -2.21. The molecule has 1 aromatic heterocycles. The molecule has 1 aliphatic heterocycles. The quantitative estimate of drug-likeness (QED) is 0.844. The summed E-state index contributed by atoms with van der Waals surface area (Å²) in [6, 6.07) is 9.54. The van der Waals surface area contributed by atoms with Gasteiger partial charge in [-0.1, -0.05) is 11.2 Å². The van der Waals surface area contributed by atoms with E-state index in [1.54, 1.807) is 19.1 Å². The SMILES string of the molecule is Cc1nc([C@H]2CCCN2CCOc2cccc(C#N)c2)no1. The molecule has 22 heavy (non-hydrogen) atoms. The van der Waals surface area contributed by atoms with Crippen molar-refractivity contribution in [2.75, 3.05) is 19.7 Å². The van der Waals surface area contributed by atoms with Crippen LogP contribution in [0.15, 0.2) is 28.8 Å². The molecule has 6 nitrogen and oxygen atoms in total. The predicted molar refractivity (Wildman–Crippen MR) is 79.2 cm³/mol. The minimum atomic E-state index is 0.214. The summed E-state index contributed by atoms with van der Waals surface area (Å²) >= 11 is 0. The molecular formula is C16H18N4O2. The van der Waals surface area contributed by atoms with E-state index in [1.165, 1.54) is 0 Å². The van der Waals surface area contributed by atoms with Crippen LogP contribution in [0.4, 0.5) is 0 Å². The Labute approximate surface area is 129 Å². The largest absolute Gasteiger partial charge is 0.492 e. The topological polar surface area (TPSA) is 75.2 Å². The molecule has 0 radical (unpaired) electrons. The van der Waals surface area contributed by atoms with E-state index in [2.05, 4.69) is 21.1 Å². The summed E-state index contributed by atoms with van der Waals surface area (Å²) in [5.74, 6) is 2.10. The lowest BCUT2D eigenvalue weighted by atomic mass is 10.2. The molecule has 2 heterocycles. The number of ether oxygens (including phenoxy) is 1. The van der Waals surface area contributed by atoms with Crippen LogP contribution in [0.3, 0.4) is 0 Å². The summed E-state index contributed by atoms with van der Waals surface area (Å²) in [6.45, 7) is 4.19. The van der Waals surface area contributed by atoms with Crippen LogP contribution in [0.5, 0.6) is 5.75 Å². The van der Waals surface area contributed by atoms with Gasteiger partial charge < -0.3 is 9.26 Å². The molecule has 0 unspecified atom stereocenters. The summed E-state index contributed by atoms with van der Waals surface area (Å²) in [6.07, 6.45) is 2.17. The Morgan fingerprint density at radius 3 is 3.18 bits per heavy atom. The normalized spacial score (nSPS) is 18.3. The van der Waals surface area contributed by atoms with E-state index in [0.717, 1.165) is 37.5 Å². The van der Waals surface area contributed by atoms with Crippen molar-refractivity contribution in [2.45, 2.75) is 25.8 Å². The molecule has 0 amide bonds. The van der Waals surface area contributed by atoms with Gasteiger partial charge in [0, 0.05) is 13.5 Å². The van der Waals surface area contributed by atoms with E-state index in [4.69, 9.17) is 14.5 Å². The minimum absolute atomic E-state index is 0.214. The van der Waals surface area contributed by atoms with Crippen LogP contribution in [0.2, 0.25) is 0 Å². The maximum absolute atomic E-state index is 8.89. The highest BCUT2D eigenvalue weighted by Crippen LogP contribution is 2.29. The van der Waals surface area contributed by atoms with Crippen molar-refractivity contribution in [1.82, 2.24) is 15.0 Å². The molecule has 0 N–H and O–H groups in total. The number of benzene rings is 1. The second kappa shape index (κ2) is 6.58. The smallest absolute Gasteiger partial charge is 0.223 e. The highest BCUT2D eigenvalue weighted by atomic mass is 16.5. The first-order valence-electron chi connectivity index (χ1n) is 7.43. The first-order chi connectivity index (χ1) is 10.8. The maximum atomic E-state index is 8.89. The highest BCUT2D eigenvalue weighted by Gasteiger charge is 2.29. The Balaban J connectivity index is 1.55. The van der Waals surface area contributed by atoms with Crippen molar-refractivity contribution < 1.29 is 9.26 Å². The average molecular weight is 298 g/mol. The summed E-state index contributed by atoms with van der Waals surface area (Å²) in [7, 11) is 0. The number of hydrogen-bond acceptors (Lipinski definition) is 6. The van der Waals surface area contributed by atoms with Crippen LogP contribution in [0, 0.1) is 18.3 Å². The monoisotopic (exact) mass is 298 g/mol. The second-order valence-electron chi connectivity index (χ2n) is 5.35. The third-order valence-electron chi connectivity index (χ3n) is 3.82. The molecule has 1 aromatic carbocycles. The molecule has 1 saturated heterocycles. The average Bonchev–Trinajstić information content (AvgIpc) is 3.16. The molecular weight excluding hydrogens is 280 g/mol. The molecule has 0 spiro atoms. The number of rotatable bonds is 5. The molecule has 1 atom stereocenters. The van der Waals surface area contributed by atoms with Gasteiger partial charge in [0.2, 0.25) is 5.89 Å². The number of aromatic nitrogens is 2. The van der Waals surface area contributed by atoms with E-state index in [0.29, 0.717) is 18.1 Å². The maximum Gasteiger partial charge on any atom is 0.223 e. The molecule has 1 aliphatic rings. The number of nitrogens with zero attached hydrogens (tertiary/aromatic N) is 4. The van der Waals surface area contributed by atoms with Crippen molar-refractivity contribution in [3.8, 4) is 11.8 Å². The standard InChI is InChI=1S/C16H18N4O2/c1-12-18-16(19-22-12)15-6-3-7-20(15)8-9-21-14-5-2-4-13(10-14)11-17/h2,4-5,10,15H,3,6-9H2,1H3/t15-/m1/s1. The summed E-state index contributed by atoms with van der Waals surface area (Å²) in [5.41, 5.74) is 0.610. The van der Waals surface area contributed by atoms with Crippen LogP contribution >= 0.6 is 0 Å². The van der Waals surface area contributed by atoms with Crippen molar-refractivity contribution in [2.24, 2.45) is 0 Å². The van der Waals surface area contributed by atoms with Crippen LogP contribution in [-0.2, 0) is 0 Å². The number of aryl methyl sites for hydroxylation is 1. The van der Waals surface area contributed by atoms with Crippen LogP contribution < -0.4 is 4.74 Å². The highest BCUT2D eigenvalue weighted by molar-refractivity contribution is 5.36. The molecule has 0 aliphatic carbocycles. The second-order valence-corrected chi connectivity index (χ2v) is 5.35. The van der Waals surface area contributed by atoms with E-state index >= 15 is 0 Å². The number of hydrogen-bond donors (Lipinski definition) is 0. The van der Waals surface area contributed by atoms with Crippen LogP contribution in [0.1, 0.15) is 36.2 Å². The zero-order valence-electron chi connectivity index (χ0n) is 12.5. The summed E-state index contributed by atoms with van der Waals surface area (Å²) in [5, 5.41) is 12.9. The van der Waals surface area contributed by atoms with Gasteiger partial charge in [0.15, 0.2) is 5.82 Å². The van der Waals surface area contributed by atoms with Crippen molar-refractivity contribution >= 4 is 0 Å². The van der Waals surface area contributed by atoms with Crippen LogP contribution in [0.25, 0.3) is 0 Å². The van der Waals surface area contributed by atoms with Gasteiger partial charge in [-0.05, 0) is 37.6 Å². The molecule has 1 fully saturated rings. The van der Waals surface area contributed by atoms with Crippen molar-refractivity contribution in [3.05, 3.63) is 41.5 Å². The number of likely N-dealkylation sites (tertiary alicyclic amines) is 1. The van der Waals surface area contributed by atoms with Gasteiger partial charge in [0.25, 0.3) is 0 Å². The van der Waals surface area contributed by atoms with Crippen molar-refractivity contribution in [1.29, 1.82) is 5.26 Å². The fraction of sp³-hybridized carbons (Fsp3) is 0.438. The summed E-state index contributed by atoms with van der Waals surface area (Å²) in [4.78, 5) is 6.65. The van der Waals surface area contributed by atoms with E-state index in [9.17, 15) is 0 Å². The fourth-order valence-electron chi connectivity index (χ4n) is 2.77. The van der Waals surface area contributed by atoms with Gasteiger partial charge in [-0.15, -0.1) is 0 Å². The molecule has 114 valence electrons. The molecule has 0 bridgehead atoms. The first kappa shape index (κ1) is 14.5. The molecule has 2 aromatic rings. The van der Waals surface area contributed by atoms with Gasteiger partial charge >= 0.3 is 0 Å². The third kappa shape index (κ3) is 3.26. The zero-order chi connectivity index (χ0) is 15.4. The van der Waals surface area contributed by atoms with E-state index in [-0.39, 0.29) is 6.04 Å². The van der Waals surface area contributed by atoms with Gasteiger partial charge in [0.1, 0.15) is 12.4 Å². The van der Waals surface area contributed by atoms with Crippen molar-refractivity contribution in [3.63, 3.8) is 0 Å². The third-order valence-corrected chi connectivity index (χ3v) is 3.82. The van der Waals surface area contributed by atoms with Gasteiger partial charge in [-0.25, -0.2) is 0 Å². The Morgan fingerprint density at radius 1 is 1.50 bits per heavy atom. The lowest BCUT2D eigenvalue weighted by molar-refractivity contribution is 0.190. The molecule has 0 saturated carbocycles. The Hall–Kier alpha value is -2.39. The number of nitriles is 1. The minimum Gasteiger partial charge on any atom is -0.492 e. The van der Waals surface area contributed by atoms with Crippen LogP contribution in [-0.4, -0.2) is 34.7 Å². The Bertz CT molecular complexity index is 677. The van der Waals surface area contributed by atoms with Gasteiger partial charge in [-0.3, -0.25) is 4.90 Å². The fourth-order valence-corrected chi connectivity index (χ4v) is 2.77. The Morgan fingerprint density at radius 2 is 2.41 bits per heavy atom. The Kier molecular flexibility index (Phi) is 4.35. The van der Waals surface area contributed by atoms with Gasteiger partial charge in [0.05, 0.1) is 17.7 Å². The summed E-state index contributed by atoms with van der Waals surface area (Å²) < 4.78 is 10.8. The predicted octanol–water partition coefficient (Wildman–Crippen LogP) is 2.47. The molecule has 3 rings (SSSR count). The first-order valence-corrected chi connectivity index (χ1v) is 7.43. The lowest BCUT2D eigenvalue weighted by Crippen LogP contribution is -2.28. The molecule has 6 heteroatoms.